The number of hydrogen-bond acceptors (Lipinski definition) is 5. The number of aromatic nitrogens is 2. The molecule has 1 unspecified atom stereocenters. The molecule has 0 spiro atoms. The molecule has 0 bridgehead atoms. The Morgan fingerprint density at radius 1 is 1.11 bits per heavy atom. The molecule has 1 saturated heterocycles. The van der Waals surface area contributed by atoms with E-state index in [-0.39, 0.29) is 0 Å². The standard InChI is InChI=1S/C13H21N3O2/c1-14-11-4-2-9(3-5-11)13-15-12(16-18-13)10-6-7-17-8-10/h9-11,14H,2-8H2,1H3. The first-order valence-electron chi connectivity index (χ1n) is 6.95. The molecule has 1 saturated carbocycles. The van der Waals surface area contributed by atoms with Crippen molar-refractivity contribution < 1.29 is 9.26 Å². The van der Waals surface area contributed by atoms with Crippen LogP contribution in [-0.4, -0.2) is 36.4 Å². The Morgan fingerprint density at radius 3 is 2.61 bits per heavy atom. The average Bonchev–Trinajstić information content (AvgIpc) is 3.09. The molecule has 3 rings (SSSR count). The van der Waals surface area contributed by atoms with Crippen molar-refractivity contribution >= 4 is 0 Å². The second kappa shape index (κ2) is 5.36. The topological polar surface area (TPSA) is 60.2 Å². The van der Waals surface area contributed by atoms with Crippen molar-refractivity contribution in [3.8, 4) is 0 Å². The molecule has 1 aromatic rings. The number of hydrogen-bond donors (Lipinski definition) is 1. The maximum Gasteiger partial charge on any atom is 0.229 e. The Hall–Kier alpha value is -0.940. The van der Waals surface area contributed by atoms with Crippen LogP contribution in [0.5, 0.6) is 0 Å². The van der Waals surface area contributed by atoms with E-state index in [1.54, 1.807) is 0 Å². The second-order valence-electron chi connectivity index (χ2n) is 5.39. The summed E-state index contributed by atoms with van der Waals surface area (Å²) >= 11 is 0. The summed E-state index contributed by atoms with van der Waals surface area (Å²) in [5, 5.41) is 7.47. The van der Waals surface area contributed by atoms with Crippen LogP contribution in [0.15, 0.2) is 4.52 Å². The fourth-order valence-corrected chi connectivity index (χ4v) is 2.95. The molecule has 2 aliphatic rings. The zero-order chi connectivity index (χ0) is 12.4. The van der Waals surface area contributed by atoms with E-state index in [0.717, 1.165) is 44.2 Å². The molecular formula is C13H21N3O2. The van der Waals surface area contributed by atoms with E-state index < -0.39 is 0 Å². The summed E-state index contributed by atoms with van der Waals surface area (Å²) in [4.78, 5) is 4.59. The van der Waals surface area contributed by atoms with Gasteiger partial charge in [0.25, 0.3) is 0 Å². The Kier molecular flexibility index (Phi) is 3.61. The van der Waals surface area contributed by atoms with E-state index in [1.165, 1.54) is 12.8 Å². The van der Waals surface area contributed by atoms with Crippen LogP contribution in [-0.2, 0) is 4.74 Å². The summed E-state index contributed by atoms with van der Waals surface area (Å²) in [5.74, 6) is 2.49. The lowest BCUT2D eigenvalue weighted by Crippen LogP contribution is -2.29. The molecule has 1 aliphatic heterocycles. The van der Waals surface area contributed by atoms with Crippen molar-refractivity contribution in [2.45, 2.75) is 50.0 Å². The summed E-state index contributed by atoms with van der Waals surface area (Å²) in [6, 6.07) is 0.659. The van der Waals surface area contributed by atoms with Gasteiger partial charge in [0.15, 0.2) is 5.82 Å². The van der Waals surface area contributed by atoms with Gasteiger partial charge in [-0.2, -0.15) is 4.98 Å². The third-order valence-electron chi connectivity index (χ3n) is 4.24. The minimum Gasteiger partial charge on any atom is -0.381 e. The van der Waals surface area contributed by atoms with Crippen LogP contribution in [0.2, 0.25) is 0 Å². The Balaban J connectivity index is 1.62. The fraction of sp³-hybridized carbons (Fsp3) is 0.846. The third-order valence-corrected chi connectivity index (χ3v) is 4.24. The molecule has 2 fully saturated rings. The van der Waals surface area contributed by atoms with Crippen molar-refractivity contribution in [1.29, 1.82) is 0 Å². The lowest BCUT2D eigenvalue weighted by Gasteiger charge is -2.25. The van der Waals surface area contributed by atoms with Crippen molar-refractivity contribution in [2.24, 2.45) is 0 Å². The van der Waals surface area contributed by atoms with Gasteiger partial charge in [-0.05, 0) is 39.2 Å². The van der Waals surface area contributed by atoms with Gasteiger partial charge in [-0.25, -0.2) is 0 Å². The predicted octanol–water partition coefficient (Wildman–Crippen LogP) is 1.82. The van der Waals surface area contributed by atoms with Crippen LogP contribution >= 0.6 is 0 Å². The van der Waals surface area contributed by atoms with E-state index >= 15 is 0 Å². The summed E-state index contributed by atoms with van der Waals surface area (Å²) in [5.41, 5.74) is 0. The first kappa shape index (κ1) is 12.1. The van der Waals surface area contributed by atoms with Gasteiger partial charge < -0.3 is 14.6 Å². The molecule has 18 heavy (non-hydrogen) atoms. The molecule has 0 amide bonds. The molecule has 2 heterocycles. The predicted molar refractivity (Wildman–Crippen MR) is 66.5 cm³/mol. The largest absolute Gasteiger partial charge is 0.381 e. The van der Waals surface area contributed by atoms with Gasteiger partial charge in [-0.1, -0.05) is 5.16 Å². The Morgan fingerprint density at radius 2 is 1.94 bits per heavy atom. The van der Waals surface area contributed by atoms with Crippen LogP contribution in [0.3, 0.4) is 0 Å². The molecule has 1 atom stereocenters. The van der Waals surface area contributed by atoms with E-state index in [1.807, 2.05) is 7.05 Å². The highest BCUT2D eigenvalue weighted by atomic mass is 16.5. The monoisotopic (exact) mass is 251 g/mol. The minimum absolute atomic E-state index is 0.344. The zero-order valence-electron chi connectivity index (χ0n) is 10.9. The number of nitrogens with zero attached hydrogens (tertiary/aromatic N) is 2. The van der Waals surface area contributed by atoms with Crippen LogP contribution in [0.4, 0.5) is 0 Å². The van der Waals surface area contributed by atoms with Gasteiger partial charge in [0.1, 0.15) is 0 Å². The van der Waals surface area contributed by atoms with Crippen molar-refractivity contribution in [3.63, 3.8) is 0 Å². The maximum absolute atomic E-state index is 5.45. The number of nitrogens with one attached hydrogen (secondary N) is 1. The van der Waals surface area contributed by atoms with E-state index in [9.17, 15) is 0 Å². The summed E-state index contributed by atoms with van der Waals surface area (Å²) in [6.07, 6.45) is 5.71. The molecule has 100 valence electrons. The molecule has 5 heteroatoms. The lowest BCUT2D eigenvalue weighted by molar-refractivity contribution is 0.192. The highest BCUT2D eigenvalue weighted by Gasteiger charge is 2.28. The van der Waals surface area contributed by atoms with Crippen LogP contribution in [0.25, 0.3) is 0 Å². The normalized spacial score (nSPS) is 32.8. The molecule has 1 N–H and O–H groups in total. The molecule has 1 aliphatic carbocycles. The zero-order valence-corrected chi connectivity index (χ0v) is 10.9. The number of ether oxygens (including phenoxy) is 1. The smallest absolute Gasteiger partial charge is 0.229 e. The fourth-order valence-electron chi connectivity index (χ4n) is 2.95. The second-order valence-corrected chi connectivity index (χ2v) is 5.39. The molecule has 0 radical (unpaired) electrons. The van der Waals surface area contributed by atoms with Gasteiger partial charge in [0.2, 0.25) is 5.89 Å². The van der Waals surface area contributed by atoms with E-state index in [2.05, 4.69) is 15.5 Å². The lowest BCUT2D eigenvalue weighted by atomic mass is 9.86. The minimum atomic E-state index is 0.344. The Labute approximate surface area is 107 Å². The molecule has 1 aromatic heterocycles. The highest BCUT2D eigenvalue weighted by Crippen LogP contribution is 2.33. The third kappa shape index (κ3) is 2.42. The Bertz CT molecular complexity index is 379. The van der Waals surface area contributed by atoms with E-state index in [0.29, 0.717) is 17.9 Å². The van der Waals surface area contributed by atoms with Crippen LogP contribution in [0.1, 0.15) is 55.7 Å². The molecule has 0 aromatic carbocycles. The van der Waals surface area contributed by atoms with Gasteiger partial charge in [0, 0.05) is 24.5 Å². The van der Waals surface area contributed by atoms with Gasteiger partial charge >= 0.3 is 0 Å². The van der Waals surface area contributed by atoms with Gasteiger partial charge in [-0.3, -0.25) is 0 Å². The van der Waals surface area contributed by atoms with Crippen molar-refractivity contribution in [2.75, 3.05) is 20.3 Å². The average molecular weight is 251 g/mol. The van der Waals surface area contributed by atoms with Crippen LogP contribution < -0.4 is 5.32 Å². The quantitative estimate of drug-likeness (QED) is 0.888. The van der Waals surface area contributed by atoms with Crippen molar-refractivity contribution in [3.05, 3.63) is 11.7 Å². The van der Waals surface area contributed by atoms with E-state index in [4.69, 9.17) is 9.26 Å². The summed E-state index contributed by atoms with van der Waals surface area (Å²) in [7, 11) is 2.04. The number of rotatable bonds is 3. The summed E-state index contributed by atoms with van der Waals surface area (Å²) < 4.78 is 10.8. The SMILES string of the molecule is CNC1CCC(c2nc(C3CCOC3)no2)CC1. The van der Waals surface area contributed by atoms with Gasteiger partial charge in [-0.15, -0.1) is 0 Å². The first-order valence-corrected chi connectivity index (χ1v) is 6.95. The molecular weight excluding hydrogens is 230 g/mol. The first-order chi connectivity index (χ1) is 8.86. The maximum atomic E-state index is 5.45. The summed E-state index contributed by atoms with van der Waals surface area (Å²) in [6.45, 7) is 1.56. The van der Waals surface area contributed by atoms with Crippen molar-refractivity contribution in [1.82, 2.24) is 15.5 Å². The highest BCUT2D eigenvalue weighted by molar-refractivity contribution is 5.02. The molecule has 5 nitrogen and oxygen atoms in total. The van der Waals surface area contributed by atoms with Crippen LogP contribution in [0, 0.1) is 0 Å². The van der Waals surface area contributed by atoms with Gasteiger partial charge in [0.05, 0.1) is 6.61 Å².